The first-order valence-corrected chi connectivity index (χ1v) is 7.17. The summed E-state index contributed by atoms with van der Waals surface area (Å²) in [6, 6.07) is 5.45. The molecule has 3 rings (SSSR count). The third kappa shape index (κ3) is 3.25. The van der Waals surface area contributed by atoms with E-state index in [0.29, 0.717) is 18.2 Å². The van der Waals surface area contributed by atoms with E-state index in [4.69, 9.17) is 0 Å². The fourth-order valence-electron chi connectivity index (χ4n) is 2.86. The standard InChI is InChI=1S/C15H21FN2O/c16-12-1-4-15(19)11(9-12)10-17-13-5-7-18(8-6-13)14-2-3-14/h1,4,9,13-14,17,19H,2-3,5-8,10H2. The van der Waals surface area contributed by atoms with E-state index in [-0.39, 0.29) is 11.6 Å². The molecule has 1 aromatic rings. The van der Waals surface area contributed by atoms with E-state index in [2.05, 4.69) is 10.2 Å². The molecule has 1 aromatic carbocycles. The number of aromatic hydroxyl groups is 1. The van der Waals surface area contributed by atoms with E-state index in [1.807, 2.05) is 0 Å². The predicted molar refractivity (Wildman–Crippen MR) is 72.5 cm³/mol. The molecule has 2 fully saturated rings. The zero-order valence-corrected chi connectivity index (χ0v) is 11.1. The van der Waals surface area contributed by atoms with E-state index in [1.54, 1.807) is 0 Å². The van der Waals surface area contributed by atoms with E-state index < -0.39 is 0 Å². The van der Waals surface area contributed by atoms with Gasteiger partial charge >= 0.3 is 0 Å². The molecule has 0 aromatic heterocycles. The SMILES string of the molecule is Oc1ccc(F)cc1CNC1CCN(C2CC2)CC1. The number of nitrogens with zero attached hydrogens (tertiary/aromatic N) is 1. The van der Waals surface area contributed by atoms with Crippen LogP contribution in [0.25, 0.3) is 0 Å². The van der Waals surface area contributed by atoms with Gasteiger partial charge in [-0.15, -0.1) is 0 Å². The summed E-state index contributed by atoms with van der Waals surface area (Å²) in [6.45, 7) is 2.87. The van der Waals surface area contributed by atoms with E-state index in [9.17, 15) is 9.50 Å². The number of phenolic OH excluding ortho intramolecular Hbond substituents is 1. The lowest BCUT2D eigenvalue weighted by Crippen LogP contribution is -2.43. The monoisotopic (exact) mass is 264 g/mol. The van der Waals surface area contributed by atoms with Gasteiger partial charge in [0.05, 0.1) is 0 Å². The maximum absolute atomic E-state index is 13.1. The topological polar surface area (TPSA) is 35.5 Å². The molecule has 4 heteroatoms. The van der Waals surface area contributed by atoms with Crippen LogP contribution in [0.4, 0.5) is 4.39 Å². The summed E-state index contributed by atoms with van der Waals surface area (Å²) in [5, 5.41) is 13.1. The summed E-state index contributed by atoms with van der Waals surface area (Å²) in [5.74, 6) is -0.123. The zero-order chi connectivity index (χ0) is 13.2. The van der Waals surface area contributed by atoms with E-state index in [1.165, 1.54) is 31.0 Å². The average molecular weight is 264 g/mol. The van der Waals surface area contributed by atoms with Gasteiger partial charge < -0.3 is 15.3 Å². The highest BCUT2D eigenvalue weighted by molar-refractivity contribution is 5.32. The first-order chi connectivity index (χ1) is 9.22. The summed E-state index contributed by atoms with van der Waals surface area (Å²) in [7, 11) is 0. The highest BCUT2D eigenvalue weighted by Crippen LogP contribution is 2.29. The number of rotatable bonds is 4. The van der Waals surface area contributed by atoms with Crippen LogP contribution in [0.2, 0.25) is 0 Å². The molecule has 1 aliphatic carbocycles. The van der Waals surface area contributed by atoms with Crippen molar-refractivity contribution in [1.82, 2.24) is 10.2 Å². The van der Waals surface area contributed by atoms with Gasteiger partial charge in [0.15, 0.2) is 0 Å². The molecule has 0 bridgehead atoms. The van der Waals surface area contributed by atoms with Crippen LogP contribution in [-0.4, -0.2) is 35.2 Å². The van der Waals surface area contributed by atoms with Crippen molar-refractivity contribution in [2.45, 2.75) is 44.3 Å². The van der Waals surface area contributed by atoms with Crippen LogP contribution in [-0.2, 0) is 6.54 Å². The van der Waals surface area contributed by atoms with Gasteiger partial charge in [-0.05, 0) is 57.0 Å². The van der Waals surface area contributed by atoms with Crippen molar-refractivity contribution >= 4 is 0 Å². The molecular formula is C15H21FN2O. The molecular weight excluding hydrogens is 243 g/mol. The number of piperidine rings is 1. The minimum Gasteiger partial charge on any atom is -0.508 e. The molecule has 1 heterocycles. The second kappa shape index (κ2) is 5.47. The van der Waals surface area contributed by atoms with Gasteiger partial charge in [-0.25, -0.2) is 4.39 Å². The Balaban J connectivity index is 1.48. The van der Waals surface area contributed by atoms with Gasteiger partial charge in [-0.2, -0.15) is 0 Å². The summed E-state index contributed by atoms with van der Waals surface area (Å²) >= 11 is 0. The Morgan fingerprint density at radius 1 is 1.21 bits per heavy atom. The highest BCUT2D eigenvalue weighted by Gasteiger charge is 2.31. The number of benzene rings is 1. The molecule has 3 nitrogen and oxygen atoms in total. The quantitative estimate of drug-likeness (QED) is 0.875. The predicted octanol–water partition coefficient (Wildman–Crippen LogP) is 2.25. The van der Waals surface area contributed by atoms with Crippen LogP contribution in [0.3, 0.4) is 0 Å². The average Bonchev–Trinajstić information content (AvgIpc) is 3.25. The summed E-state index contributed by atoms with van der Waals surface area (Å²) in [6.07, 6.45) is 5.03. The molecule has 104 valence electrons. The minimum absolute atomic E-state index is 0.171. The Hall–Kier alpha value is -1.13. The molecule has 1 aliphatic heterocycles. The fraction of sp³-hybridized carbons (Fsp3) is 0.600. The van der Waals surface area contributed by atoms with E-state index >= 15 is 0 Å². The summed E-state index contributed by atoms with van der Waals surface area (Å²) in [4.78, 5) is 2.58. The van der Waals surface area contributed by atoms with Crippen molar-refractivity contribution in [2.75, 3.05) is 13.1 Å². The number of hydrogen-bond acceptors (Lipinski definition) is 3. The number of hydrogen-bond donors (Lipinski definition) is 2. The van der Waals surface area contributed by atoms with Gasteiger partial charge in [0.2, 0.25) is 0 Å². The van der Waals surface area contributed by atoms with Gasteiger partial charge in [-0.3, -0.25) is 0 Å². The minimum atomic E-state index is -0.293. The first-order valence-electron chi connectivity index (χ1n) is 7.17. The lowest BCUT2D eigenvalue weighted by atomic mass is 10.0. The van der Waals surface area contributed by atoms with Crippen LogP contribution in [0.15, 0.2) is 18.2 Å². The van der Waals surface area contributed by atoms with Crippen LogP contribution in [0, 0.1) is 5.82 Å². The Labute approximate surface area is 113 Å². The van der Waals surface area contributed by atoms with Gasteiger partial charge in [0.1, 0.15) is 11.6 Å². The Morgan fingerprint density at radius 2 is 1.95 bits per heavy atom. The van der Waals surface area contributed by atoms with Crippen molar-refractivity contribution in [1.29, 1.82) is 0 Å². The van der Waals surface area contributed by atoms with Crippen LogP contribution in [0.1, 0.15) is 31.2 Å². The van der Waals surface area contributed by atoms with Gasteiger partial charge in [0, 0.05) is 24.2 Å². The molecule has 1 saturated carbocycles. The summed E-state index contributed by atoms with van der Waals surface area (Å²) in [5.41, 5.74) is 0.643. The molecule has 2 N–H and O–H groups in total. The number of likely N-dealkylation sites (tertiary alicyclic amines) is 1. The molecule has 2 aliphatic rings. The Bertz CT molecular complexity index is 440. The largest absolute Gasteiger partial charge is 0.508 e. The van der Waals surface area contributed by atoms with E-state index in [0.717, 1.165) is 32.0 Å². The molecule has 0 spiro atoms. The number of nitrogens with one attached hydrogen (secondary N) is 1. The van der Waals surface area contributed by atoms with Crippen molar-refractivity contribution in [3.63, 3.8) is 0 Å². The number of phenols is 1. The first kappa shape index (κ1) is 12.9. The van der Waals surface area contributed by atoms with Crippen molar-refractivity contribution in [3.05, 3.63) is 29.6 Å². The third-order valence-corrected chi connectivity index (χ3v) is 4.22. The maximum atomic E-state index is 13.1. The fourth-order valence-corrected chi connectivity index (χ4v) is 2.86. The van der Waals surface area contributed by atoms with Crippen molar-refractivity contribution in [2.24, 2.45) is 0 Å². The second-order valence-electron chi connectivity index (χ2n) is 5.70. The zero-order valence-electron chi connectivity index (χ0n) is 11.1. The smallest absolute Gasteiger partial charge is 0.123 e. The van der Waals surface area contributed by atoms with Crippen molar-refractivity contribution < 1.29 is 9.50 Å². The molecule has 0 atom stereocenters. The lowest BCUT2D eigenvalue weighted by molar-refractivity contribution is 0.189. The molecule has 0 radical (unpaired) electrons. The third-order valence-electron chi connectivity index (χ3n) is 4.22. The second-order valence-corrected chi connectivity index (χ2v) is 5.70. The molecule has 0 amide bonds. The normalized spacial score (nSPS) is 21.7. The molecule has 0 unspecified atom stereocenters. The van der Waals surface area contributed by atoms with Gasteiger partial charge in [0.25, 0.3) is 0 Å². The van der Waals surface area contributed by atoms with Crippen LogP contribution in [0.5, 0.6) is 5.75 Å². The summed E-state index contributed by atoms with van der Waals surface area (Å²) < 4.78 is 13.1. The number of halogens is 1. The molecule has 1 saturated heterocycles. The Kier molecular flexibility index (Phi) is 3.71. The Morgan fingerprint density at radius 3 is 2.63 bits per heavy atom. The van der Waals surface area contributed by atoms with Crippen LogP contribution >= 0.6 is 0 Å². The lowest BCUT2D eigenvalue weighted by Gasteiger charge is -2.32. The maximum Gasteiger partial charge on any atom is 0.123 e. The van der Waals surface area contributed by atoms with Crippen LogP contribution < -0.4 is 5.32 Å². The highest BCUT2D eigenvalue weighted by atomic mass is 19.1. The van der Waals surface area contributed by atoms with Gasteiger partial charge in [-0.1, -0.05) is 0 Å². The van der Waals surface area contributed by atoms with Crippen molar-refractivity contribution in [3.8, 4) is 5.75 Å². The molecule has 19 heavy (non-hydrogen) atoms.